The molecular formula is C20H26N2O4S. The zero-order valence-electron chi connectivity index (χ0n) is 15.8. The van der Waals surface area contributed by atoms with Crippen LogP contribution >= 0.6 is 0 Å². The van der Waals surface area contributed by atoms with Gasteiger partial charge in [-0.05, 0) is 31.5 Å². The number of hydrogen-bond acceptors (Lipinski definition) is 4. The average molecular weight is 391 g/mol. The summed E-state index contributed by atoms with van der Waals surface area (Å²) >= 11 is 0. The molecule has 0 fully saturated rings. The molecule has 0 bridgehead atoms. The highest BCUT2D eigenvalue weighted by Crippen LogP contribution is 2.14. The molecule has 0 unspecified atom stereocenters. The molecule has 0 saturated heterocycles. The Morgan fingerprint density at radius 3 is 2.41 bits per heavy atom. The van der Waals surface area contributed by atoms with Crippen molar-refractivity contribution in [3.63, 3.8) is 0 Å². The molecule has 2 rings (SSSR count). The van der Waals surface area contributed by atoms with Crippen molar-refractivity contribution in [2.45, 2.75) is 26.9 Å². The van der Waals surface area contributed by atoms with E-state index in [4.69, 9.17) is 4.42 Å². The van der Waals surface area contributed by atoms with Crippen LogP contribution in [0.5, 0.6) is 0 Å². The van der Waals surface area contributed by atoms with Crippen molar-refractivity contribution in [1.29, 1.82) is 0 Å². The molecule has 146 valence electrons. The first-order valence-corrected chi connectivity index (χ1v) is 10.4. The topological polar surface area (TPSA) is 70.8 Å². The maximum atomic E-state index is 13.0. The van der Waals surface area contributed by atoms with Crippen LogP contribution < -0.4 is 0 Å². The molecule has 1 amide bonds. The zero-order chi connectivity index (χ0) is 19.9. The van der Waals surface area contributed by atoms with Crippen LogP contribution in [-0.2, 0) is 27.9 Å². The van der Waals surface area contributed by atoms with Crippen LogP contribution in [0.15, 0.2) is 59.5 Å². The monoisotopic (exact) mass is 390 g/mol. The fraction of sp³-hybridized carbons (Fsp3) is 0.350. The summed E-state index contributed by atoms with van der Waals surface area (Å²) in [5, 5.41) is 0. The van der Waals surface area contributed by atoms with Gasteiger partial charge in [0.25, 0.3) is 0 Å². The molecular weight excluding hydrogens is 364 g/mol. The predicted octanol–water partition coefficient (Wildman–Crippen LogP) is 2.95. The van der Waals surface area contributed by atoms with E-state index in [9.17, 15) is 13.2 Å². The Bertz CT molecular complexity index is 859. The van der Waals surface area contributed by atoms with Crippen LogP contribution in [0.3, 0.4) is 0 Å². The Morgan fingerprint density at radius 1 is 1.15 bits per heavy atom. The zero-order valence-corrected chi connectivity index (χ0v) is 16.6. The van der Waals surface area contributed by atoms with Gasteiger partial charge in [0.15, 0.2) is 0 Å². The largest absolute Gasteiger partial charge is 0.464 e. The molecule has 2 aromatic rings. The maximum Gasteiger partial charge on any atom is 0.238 e. The number of benzene rings is 1. The molecule has 0 aliphatic carbocycles. The fourth-order valence-electron chi connectivity index (χ4n) is 2.65. The molecule has 0 radical (unpaired) electrons. The standard InChI is InChI=1S/C20H26N2O4S/c1-4-13-22(27(24,25)5-2)16-20(23)21(14-18-9-7-6-8-10-18)15-19-12-11-17(3)26-19/h4,6-12H,1,5,13-16H2,2-3H3. The number of amides is 1. The molecule has 27 heavy (non-hydrogen) atoms. The summed E-state index contributed by atoms with van der Waals surface area (Å²) in [6.45, 7) is 7.50. The van der Waals surface area contributed by atoms with Crippen molar-refractivity contribution in [2.24, 2.45) is 0 Å². The first-order valence-electron chi connectivity index (χ1n) is 8.81. The first kappa shape index (κ1) is 20.9. The highest BCUT2D eigenvalue weighted by molar-refractivity contribution is 7.89. The van der Waals surface area contributed by atoms with E-state index in [0.29, 0.717) is 12.3 Å². The van der Waals surface area contributed by atoms with Gasteiger partial charge in [0.05, 0.1) is 18.8 Å². The van der Waals surface area contributed by atoms with Crippen molar-refractivity contribution < 1.29 is 17.6 Å². The maximum absolute atomic E-state index is 13.0. The van der Waals surface area contributed by atoms with E-state index in [0.717, 1.165) is 15.6 Å². The normalized spacial score (nSPS) is 11.5. The molecule has 1 aromatic carbocycles. The van der Waals surface area contributed by atoms with Gasteiger partial charge < -0.3 is 9.32 Å². The number of sulfonamides is 1. The molecule has 7 heteroatoms. The van der Waals surface area contributed by atoms with Crippen LogP contribution in [0.1, 0.15) is 24.0 Å². The second-order valence-corrected chi connectivity index (χ2v) is 8.49. The van der Waals surface area contributed by atoms with Gasteiger partial charge in [-0.1, -0.05) is 36.4 Å². The molecule has 0 N–H and O–H groups in total. The van der Waals surface area contributed by atoms with Gasteiger partial charge in [-0.15, -0.1) is 6.58 Å². The van der Waals surface area contributed by atoms with E-state index in [1.807, 2.05) is 49.4 Å². The minimum absolute atomic E-state index is 0.0653. The Hall–Kier alpha value is -2.38. The van der Waals surface area contributed by atoms with Crippen LogP contribution in [-0.4, -0.2) is 42.4 Å². The van der Waals surface area contributed by atoms with Gasteiger partial charge in [0.1, 0.15) is 11.5 Å². The van der Waals surface area contributed by atoms with Crippen LogP contribution in [0.4, 0.5) is 0 Å². The Balaban J connectivity index is 2.22. The molecule has 6 nitrogen and oxygen atoms in total. The molecule has 0 spiro atoms. The molecule has 1 aromatic heterocycles. The Labute approximate surface area is 161 Å². The van der Waals surface area contributed by atoms with Gasteiger partial charge in [-0.25, -0.2) is 8.42 Å². The van der Waals surface area contributed by atoms with E-state index in [-0.39, 0.29) is 31.3 Å². The van der Waals surface area contributed by atoms with Gasteiger partial charge in [-0.2, -0.15) is 4.31 Å². The third-order valence-corrected chi connectivity index (χ3v) is 5.91. The number of carbonyl (C=O) groups excluding carboxylic acids is 1. The number of nitrogens with zero attached hydrogens (tertiary/aromatic N) is 2. The Kier molecular flexibility index (Phi) is 7.38. The minimum atomic E-state index is -3.50. The summed E-state index contributed by atoms with van der Waals surface area (Å²) in [5.74, 6) is 1.07. The molecule has 1 heterocycles. The van der Waals surface area contributed by atoms with E-state index in [2.05, 4.69) is 6.58 Å². The summed E-state index contributed by atoms with van der Waals surface area (Å²) in [5.41, 5.74) is 0.961. The fourth-order valence-corrected chi connectivity index (χ4v) is 3.65. The summed E-state index contributed by atoms with van der Waals surface area (Å²) in [6.07, 6.45) is 1.48. The number of carbonyl (C=O) groups is 1. The number of hydrogen-bond donors (Lipinski definition) is 0. The third kappa shape index (κ3) is 6.08. The number of aryl methyl sites for hydroxylation is 1. The summed E-state index contributed by atoms with van der Waals surface area (Å²) < 4.78 is 31.3. The first-order chi connectivity index (χ1) is 12.9. The van der Waals surface area contributed by atoms with E-state index in [1.54, 1.807) is 11.8 Å². The van der Waals surface area contributed by atoms with Gasteiger partial charge >= 0.3 is 0 Å². The van der Waals surface area contributed by atoms with Crippen molar-refractivity contribution >= 4 is 15.9 Å². The predicted molar refractivity (Wildman–Crippen MR) is 105 cm³/mol. The highest BCUT2D eigenvalue weighted by atomic mass is 32.2. The van der Waals surface area contributed by atoms with Crippen molar-refractivity contribution in [3.05, 3.63) is 72.2 Å². The van der Waals surface area contributed by atoms with Crippen molar-refractivity contribution in [3.8, 4) is 0 Å². The molecule has 0 saturated carbocycles. The van der Waals surface area contributed by atoms with Crippen molar-refractivity contribution in [2.75, 3.05) is 18.8 Å². The second kappa shape index (κ2) is 9.53. The summed E-state index contributed by atoms with van der Waals surface area (Å²) in [6, 6.07) is 13.2. The van der Waals surface area contributed by atoms with Gasteiger partial charge in [0.2, 0.25) is 15.9 Å². The van der Waals surface area contributed by atoms with E-state index >= 15 is 0 Å². The SMILES string of the molecule is C=CCN(CC(=O)N(Cc1ccccc1)Cc1ccc(C)o1)S(=O)(=O)CC. The van der Waals surface area contributed by atoms with Crippen molar-refractivity contribution in [1.82, 2.24) is 9.21 Å². The molecule has 0 aliphatic heterocycles. The van der Waals surface area contributed by atoms with Gasteiger partial charge in [0, 0.05) is 13.1 Å². The lowest BCUT2D eigenvalue weighted by atomic mass is 10.2. The second-order valence-electron chi connectivity index (χ2n) is 6.23. The lowest BCUT2D eigenvalue weighted by Gasteiger charge is -2.26. The number of rotatable bonds is 10. The lowest BCUT2D eigenvalue weighted by molar-refractivity contribution is -0.132. The Morgan fingerprint density at radius 2 is 1.85 bits per heavy atom. The minimum Gasteiger partial charge on any atom is -0.464 e. The third-order valence-electron chi connectivity index (χ3n) is 4.11. The smallest absolute Gasteiger partial charge is 0.238 e. The van der Waals surface area contributed by atoms with E-state index in [1.165, 1.54) is 6.08 Å². The van der Waals surface area contributed by atoms with E-state index < -0.39 is 10.0 Å². The lowest BCUT2D eigenvalue weighted by Crippen LogP contribution is -2.43. The van der Waals surface area contributed by atoms with Gasteiger partial charge in [-0.3, -0.25) is 4.79 Å². The highest BCUT2D eigenvalue weighted by Gasteiger charge is 2.25. The summed E-state index contributed by atoms with van der Waals surface area (Å²) in [4.78, 5) is 14.6. The van der Waals surface area contributed by atoms with Crippen LogP contribution in [0.2, 0.25) is 0 Å². The summed E-state index contributed by atoms with van der Waals surface area (Å²) in [7, 11) is -3.50. The average Bonchev–Trinajstić information content (AvgIpc) is 3.06. The molecule has 0 aliphatic rings. The number of furan rings is 1. The van der Waals surface area contributed by atoms with Crippen LogP contribution in [0.25, 0.3) is 0 Å². The van der Waals surface area contributed by atoms with Crippen LogP contribution in [0, 0.1) is 6.92 Å². The quantitative estimate of drug-likeness (QED) is 0.585. The molecule has 0 atom stereocenters.